The zero-order chi connectivity index (χ0) is 11.6. The Labute approximate surface area is 98.4 Å². The molecule has 2 fully saturated rings. The minimum atomic E-state index is -0.174. The summed E-state index contributed by atoms with van der Waals surface area (Å²) in [5.74, 6) is 0.957. The van der Waals surface area contributed by atoms with Crippen molar-refractivity contribution >= 4 is 5.91 Å². The van der Waals surface area contributed by atoms with Gasteiger partial charge in [-0.25, -0.2) is 0 Å². The second-order valence-electron chi connectivity index (χ2n) is 5.79. The lowest BCUT2D eigenvalue weighted by Gasteiger charge is -2.27. The fraction of sp³-hybridized carbons (Fsp3) is 0.923. The molecule has 0 bridgehead atoms. The molecule has 2 rings (SSSR count). The Morgan fingerprint density at radius 1 is 1.44 bits per heavy atom. The SMILES string of the molecule is C[C@H](NC(=O)C1(C)CCNC1)C1CCCC1. The zero-order valence-electron chi connectivity index (χ0n) is 10.5. The second-order valence-corrected chi connectivity index (χ2v) is 5.79. The van der Waals surface area contributed by atoms with Crippen molar-refractivity contribution in [2.24, 2.45) is 11.3 Å². The summed E-state index contributed by atoms with van der Waals surface area (Å²) in [4.78, 5) is 12.2. The van der Waals surface area contributed by atoms with Gasteiger partial charge in [-0.05, 0) is 45.6 Å². The number of carbonyl (C=O) groups is 1. The lowest BCUT2D eigenvalue weighted by Crippen LogP contribution is -2.46. The highest BCUT2D eigenvalue weighted by molar-refractivity contribution is 5.83. The van der Waals surface area contributed by atoms with E-state index in [1.165, 1.54) is 25.7 Å². The van der Waals surface area contributed by atoms with Gasteiger partial charge in [-0.3, -0.25) is 4.79 Å². The molecule has 16 heavy (non-hydrogen) atoms. The number of nitrogens with one attached hydrogen (secondary N) is 2. The summed E-state index contributed by atoms with van der Waals surface area (Å²) in [6, 6.07) is 0.354. The van der Waals surface area contributed by atoms with Gasteiger partial charge in [0.25, 0.3) is 0 Å². The van der Waals surface area contributed by atoms with Gasteiger partial charge >= 0.3 is 0 Å². The fourth-order valence-electron chi connectivity index (χ4n) is 2.97. The van der Waals surface area contributed by atoms with Gasteiger partial charge in [0.2, 0.25) is 5.91 Å². The van der Waals surface area contributed by atoms with Gasteiger partial charge in [-0.2, -0.15) is 0 Å². The van der Waals surface area contributed by atoms with Crippen LogP contribution in [0.2, 0.25) is 0 Å². The number of rotatable bonds is 3. The second kappa shape index (κ2) is 4.74. The summed E-state index contributed by atoms with van der Waals surface area (Å²) >= 11 is 0. The quantitative estimate of drug-likeness (QED) is 0.766. The van der Waals surface area contributed by atoms with Crippen molar-refractivity contribution in [2.75, 3.05) is 13.1 Å². The largest absolute Gasteiger partial charge is 0.353 e. The first-order valence-corrected chi connectivity index (χ1v) is 6.63. The van der Waals surface area contributed by atoms with Crippen LogP contribution >= 0.6 is 0 Å². The molecule has 1 aliphatic heterocycles. The molecule has 3 heteroatoms. The predicted molar refractivity (Wildman–Crippen MR) is 65.2 cm³/mol. The van der Waals surface area contributed by atoms with E-state index in [0.29, 0.717) is 12.0 Å². The normalized spacial score (nSPS) is 32.9. The van der Waals surface area contributed by atoms with Gasteiger partial charge in [0.05, 0.1) is 5.41 Å². The van der Waals surface area contributed by atoms with E-state index in [2.05, 4.69) is 24.5 Å². The predicted octanol–water partition coefficient (Wildman–Crippen LogP) is 1.68. The van der Waals surface area contributed by atoms with E-state index in [4.69, 9.17) is 0 Å². The maximum Gasteiger partial charge on any atom is 0.227 e. The van der Waals surface area contributed by atoms with Crippen LogP contribution in [0, 0.1) is 11.3 Å². The van der Waals surface area contributed by atoms with Gasteiger partial charge in [0, 0.05) is 12.6 Å². The minimum Gasteiger partial charge on any atom is -0.353 e. The molecule has 1 heterocycles. The number of carbonyl (C=O) groups excluding carboxylic acids is 1. The topological polar surface area (TPSA) is 41.1 Å². The summed E-state index contributed by atoms with van der Waals surface area (Å²) < 4.78 is 0. The van der Waals surface area contributed by atoms with Crippen molar-refractivity contribution in [1.29, 1.82) is 0 Å². The third-order valence-corrected chi connectivity index (χ3v) is 4.38. The number of hydrogen-bond donors (Lipinski definition) is 2. The molecule has 0 radical (unpaired) electrons. The lowest BCUT2D eigenvalue weighted by atomic mass is 9.87. The summed E-state index contributed by atoms with van der Waals surface area (Å²) in [5, 5.41) is 6.50. The van der Waals surface area contributed by atoms with Gasteiger partial charge in [0.15, 0.2) is 0 Å². The zero-order valence-corrected chi connectivity index (χ0v) is 10.5. The molecule has 0 aromatic heterocycles. The fourth-order valence-corrected chi connectivity index (χ4v) is 2.97. The smallest absolute Gasteiger partial charge is 0.227 e. The Bertz CT molecular complexity index is 253. The van der Waals surface area contributed by atoms with Crippen molar-refractivity contribution < 1.29 is 4.79 Å². The van der Waals surface area contributed by atoms with Crippen LogP contribution in [0.5, 0.6) is 0 Å². The van der Waals surface area contributed by atoms with Crippen molar-refractivity contribution in [2.45, 2.75) is 52.0 Å². The molecule has 1 unspecified atom stereocenters. The van der Waals surface area contributed by atoms with E-state index in [9.17, 15) is 4.79 Å². The molecule has 1 amide bonds. The maximum absolute atomic E-state index is 12.2. The molecule has 2 N–H and O–H groups in total. The average Bonchev–Trinajstić information content (AvgIpc) is 2.88. The molecule has 0 aromatic carbocycles. The van der Waals surface area contributed by atoms with E-state index in [0.717, 1.165) is 19.5 Å². The van der Waals surface area contributed by atoms with E-state index in [1.54, 1.807) is 0 Å². The van der Waals surface area contributed by atoms with Gasteiger partial charge < -0.3 is 10.6 Å². The molecule has 0 spiro atoms. The average molecular weight is 224 g/mol. The molecular weight excluding hydrogens is 200 g/mol. The van der Waals surface area contributed by atoms with Crippen LogP contribution in [0.1, 0.15) is 46.0 Å². The molecule has 92 valence electrons. The Morgan fingerprint density at radius 3 is 2.69 bits per heavy atom. The molecule has 1 saturated carbocycles. The van der Waals surface area contributed by atoms with Gasteiger partial charge in [-0.1, -0.05) is 12.8 Å². The van der Waals surface area contributed by atoms with Crippen LogP contribution in [-0.4, -0.2) is 25.0 Å². The van der Waals surface area contributed by atoms with Crippen LogP contribution < -0.4 is 10.6 Å². The molecule has 0 aromatic rings. The van der Waals surface area contributed by atoms with Crippen molar-refractivity contribution in [1.82, 2.24) is 10.6 Å². The van der Waals surface area contributed by atoms with Gasteiger partial charge in [-0.15, -0.1) is 0 Å². The minimum absolute atomic E-state index is 0.174. The molecule has 1 saturated heterocycles. The Balaban J connectivity index is 1.86. The Morgan fingerprint density at radius 2 is 2.12 bits per heavy atom. The van der Waals surface area contributed by atoms with Crippen LogP contribution in [0.4, 0.5) is 0 Å². The highest BCUT2D eigenvalue weighted by Gasteiger charge is 2.37. The third kappa shape index (κ3) is 2.40. The van der Waals surface area contributed by atoms with Gasteiger partial charge in [0.1, 0.15) is 0 Å². The van der Waals surface area contributed by atoms with Crippen LogP contribution in [0.3, 0.4) is 0 Å². The number of hydrogen-bond acceptors (Lipinski definition) is 2. The summed E-state index contributed by atoms with van der Waals surface area (Å²) in [6.07, 6.45) is 6.22. The van der Waals surface area contributed by atoms with Crippen LogP contribution in [0.15, 0.2) is 0 Å². The first-order chi connectivity index (χ1) is 7.62. The van der Waals surface area contributed by atoms with Crippen molar-refractivity contribution in [3.05, 3.63) is 0 Å². The van der Waals surface area contributed by atoms with Crippen LogP contribution in [0.25, 0.3) is 0 Å². The Hall–Kier alpha value is -0.570. The summed E-state index contributed by atoms with van der Waals surface area (Å²) in [5.41, 5.74) is -0.174. The first-order valence-electron chi connectivity index (χ1n) is 6.63. The molecule has 1 aliphatic carbocycles. The number of amides is 1. The third-order valence-electron chi connectivity index (χ3n) is 4.38. The highest BCUT2D eigenvalue weighted by Crippen LogP contribution is 2.29. The maximum atomic E-state index is 12.2. The summed E-state index contributed by atoms with van der Waals surface area (Å²) in [6.45, 7) is 6.04. The monoisotopic (exact) mass is 224 g/mol. The van der Waals surface area contributed by atoms with E-state index >= 15 is 0 Å². The standard InChI is InChI=1S/C13H24N2O/c1-10(11-5-3-4-6-11)15-12(16)13(2)7-8-14-9-13/h10-11,14H,3-9H2,1-2H3,(H,15,16)/t10-,13?/m0/s1. The molecule has 3 nitrogen and oxygen atoms in total. The first kappa shape index (κ1) is 11.9. The molecular formula is C13H24N2O. The highest BCUT2D eigenvalue weighted by atomic mass is 16.2. The Kier molecular flexibility index (Phi) is 3.53. The van der Waals surface area contributed by atoms with Crippen molar-refractivity contribution in [3.63, 3.8) is 0 Å². The lowest BCUT2D eigenvalue weighted by molar-refractivity contribution is -0.130. The van der Waals surface area contributed by atoms with E-state index in [-0.39, 0.29) is 11.3 Å². The van der Waals surface area contributed by atoms with E-state index < -0.39 is 0 Å². The summed E-state index contributed by atoms with van der Waals surface area (Å²) in [7, 11) is 0. The molecule has 2 atom stereocenters. The van der Waals surface area contributed by atoms with Crippen LogP contribution in [-0.2, 0) is 4.79 Å². The van der Waals surface area contributed by atoms with E-state index in [1.807, 2.05) is 0 Å². The van der Waals surface area contributed by atoms with Crippen molar-refractivity contribution in [3.8, 4) is 0 Å². The molecule has 2 aliphatic rings.